The van der Waals surface area contributed by atoms with Crippen molar-refractivity contribution in [2.75, 3.05) is 13.2 Å². The molecule has 0 fully saturated rings. The first-order valence-corrected chi connectivity index (χ1v) is 7.42. The maximum absolute atomic E-state index is 8.98. The number of nitrogens with one attached hydrogen (secondary N) is 1. The van der Waals surface area contributed by atoms with Gasteiger partial charge in [0.05, 0.1) is 10.7 Å². The SMILES string of the molecule is CCCC(CCO)CNCc1csc(CC)n1. The van der Waals surface area contributed by atoms with E-state index < -0.39 is 0 Å². The molecule has 4 heteroatoms. The highest BCUT2D eigenvalue weighted by atomic mass is 32.1. The molecule has 0 aliphatic heterocycles. The van der Waals surface area contributed by atoms with Crippen LogP contribution < -0.4 is 5.32 Å². The van der Waals surface area contributed by atoms with Crippen LogP contribution in [0.3, 0.4) is 0 Å². The molecule has 1 unspecified atom stereocenters. The number of aromatic nitrogens is 1. The van der Waals surface area contributed by atoms with Crippen LogP contribution in [-0.2, 0) is 13.0 Å². The van der Waals surface area contributed by atoms with Crippen LogP contribution in [-0.4, -0.2) is 23.2 Å². The molecule has 0 saturated heterocycles. The van der Waals surface area contributed by atoms with Gasteiger partial charge >= 0.3 is 0 Å². The first-order chi connectivity index (χ1) is 8.30. The molecule has 0 bridgehead atoms. The number of thiazole rings is 1. The molecule has 17 heavy (non-hydrogen) atoms. The fourth-order valence-corrected chi connectivity index (χ4v) is 2.68. The normalized spacial score (nSPS) is 12.9. The zero-order valence-corrected chi connectivity index (χ0v) is 11.7. The lowest BCUT2D eigenvalue weighted by atomic mass is 10.0. The van der Waals surface area contributed by atoms with Gasteiger partial charge in [0.1, 0.15) is 0 Å². The van der Waals surface area contributed by atoms with Crippen LogP contribution in [0, 0.1) is 5.92 Å². The molecule has 0 aliphatic rings. The van der Waals surface area contributed by atoms with E-state index in [2.05, 4.69) is 29.5 Å². The van der Waals surface area contributed by atoms with Gasteiger partial charge in [-0.05, 0) is 31.7 Å². The highest BCUT2D eigenvalue weighted by Crippen LogP contribution is 2.12. The Bertz CT molecular complexity index is 295. The van der Waals surface area contributed by atoms with E-state index in [4.69, 9.17) is 5.11 Å². The molecule has 1 atom stereocenters. The topological polar surface area (TPSA) is 45.1 Å². The van der Waals surface area contributed by atoms with Gasteiger partial charge in [0.15, 0.2) is 0 Å². The number of nitrogens with zero attached hydrogens (tertiary/aromatic N) is 1. The molecule has 1 heterocycles. The molecular formula is C13H24N2OS. The predicted octanol–water partition coefficient (Wildman–Crippen LogP) is 2.59. The highest BCUT2D eigenvalue weighted by molar-refractivity contribution is 7.09. The summed E-state index contributed by atoms with van der Waals surface area (Å²) in [7, 11) is 0. The van der Waals surface area contributed by atoms with Crippen molar-refractivity contribution in [3.8, 4) is 0 Å². The number of hydrogen-bond donors (Lipinski definition) is 2. The third-order valence-electron chi connectivity index (χ3n) is 2.88. The van der Waals surface area contributed by atoms with Gasteiger partial charge in [-0.2, -0.15) is 0 Å². The molecule has 1 aromatic heterocycles. The molecule has 0 radical (unpaired) electrons. The first-order valence-electron chi connectivity index (χ1n) is 6.55. The van der Waals surface area contributed by atoms with Crippen LogP contribution in [0.2, 0.25) is 0 Å². The molecule has 0 aliphatic carbocycles. The molecule has 98 valence electrons. The second-order valence-corrected chi connectivity index (χ2v) is 5.33. The van der Waals surface area contributed by atoms with E-state index in [0.717, 1.165) is 31.6 Å². The van der Waals surface area contributed by atoms with Crippen LogP contribution in [0.1, 0.15) is 43.8 Å². The number of aryl methyl sites for hydroxylation is 1. The van der Waals surface area contributed by atoms with E-state index in [0.29, 0.717) is 12.5 Å². The average molecular weight is 256 g/mol. The van der Waals surface area contributed by atoms with Gasteiger partial charge < -0.3 is 10.4 Å². The molecule has 0 spiro atoms. The van der Waals surface area contributed by atoms with Crippen LogP contribution >= 0.6 is 11.3 Å². The third-order valence-corrected chi connectivity index (χ3v) is 3.92. The largest absolute Gasteiger partial charge is 0.396 e. The van der Waals surface area contributed by atoms with Gasteiger partial charge in [0, 0.05) is 18.5 Å². The fourth-order valence-electron chi connectivity index (χ4n) is 1.94. The van der Waals surface area contributed by atoms with Crippen molar-refractivity contribution in [2.24, 2.45) is 5.92 Å². The Kier molecular flexibility index (Phi) is 7.40. The van der Waals surface area contributed by atoms with Crippen LogP contribution in [0.25, 0.3) is 0 Å². The van der Waals surface area contributed by atoms with Gasteiger partial charge in [-0.15, -0.1) is 11.3 Å². The molecule has 0 aromatic carbocycles. The Morgan fingerprint density at radius 1 is 1.41 bits per heavy atom. The van der Waals surface area contributed by atoms with Gasteiger partial charge in [-0.3, -0.25) is 0 Å². The number of aliphatic hydroxyl groups excluding tert-OH is 1. The zero-order chi connectivity index (χ0) is 12.5. The predicted molar refractivity (Wildman–Crippen MR) is 73.3 cm³/mol. The first kappa shape index (κ1) is 14.6. The maximum atomic E-state index is 8.98. The van der Waals surface area contributed by atoms with Crippen molar-refractivity contribution in [1.29, 1.82) is 0 Å². The van der Waals surface area contributed by atoms with Crippen molar-refractivity contribution >= 4 is 11.3 Å². The Hall–Kier alpha value is -0.450. The molecule has 0 saturated carbocycles. The lowest BCUT2D eigenvalue weighted by molar-refractivity contribution is 0.248. The fraction of sp³-hybridized carbons (Fsp3) is 0.769. The summed E-state index contributed by atoms with van der Waals surface area (Å²) in [5.41, 5.74) is 1.14. The van der Waals surface area contributed by atoms with Gasteiger partial charge in [-0.25, -0.2) is 4.98 Å². The lowest BCUT2D eigenvalue weighted by Gasteiger charge is -2.15. The van der Waals surface area contributed by atoms with E-state index in [1.54, 1.807) is 11.3 Å². The van der Waals surface area contributed by atoms with Gasteiger partial charge in [0.2, 0.25) is 0 Å². The molecule has 1 rings (SSSR count). The third kappa shape index (κ3) is 5.61. The average Bonchev–Trinajstić information content (AvgIpc) is 2.77. The summed E-state index contributed by atoms with van der Waals surface area (Å²) in [6.07, 6.45) is 4.29. The molecule has 1 aromatic rings. The van der Waals surface area contributed by atoms with Gasteiger partial charge in [-0.1, -0.05) is 20.3 Å². The summed E-state index contributed by atoms with van der Waals surface area (Å²) in [6.45, 7) is 6.45. The second kappa shape index (κ2) is 8.61. The monoisotopic (exact) mass is 256 g/mol. The second-order valence-electron chi connectivity index (χ2n) is 4.38. The molecule has 0 amide bonds. The number of rotatable bonds is 9. The summed E-state index contributed by atoms with van der Waals surface area (Å²) < 4.78 is 0. The van der Waals surface area contributed by atoms with E-state index in [9.17, 15) is 0 Å². The smallest absolute Gasteiger partial charge is 0.0926 e. The Morgan fingerprint density at radius 3 is 2.82 bits per heavy atom. The van der Waals surface area contributed by atoms with E-state index in [1.165, 1.54) is 17.8 Å². The summed E-state index contributed by atoms with van der Waals surface area (Å²) in [5.74, 6) is 0.592. The molecule has 2 N–H and O–H groups in total. The maximum Gasteiger partial charge on any atom is 0.0926 e. The van der Waals surface area contributed by atoms with Crippen molar-refractivity contribution in [1.82, 2.24) is 10.3 Å². The van der Waals surface area contributed by atoms with Crippen molar-refractivity contribution < 1.29 is 5.11 Å². The highest BCUT2D eigenvalue weighted by Gasteiger charge is 2.07. The van der Waals surface area contributed by atoms with Crippen molar-refractivity contribution in [2.45, 2.75) is 46.1 Å². The van der Waals surface area contributed by atoms with Crippen LogP contribution in [0.15, 0.2) is 5.38 Å². The summed E-state index contributed by atoms with van der Waals surface area (Å²) in [6, 6.07) is 0. The summed E-state index contributed by atoms with van der Waals surface area (Å²) >= 11 is 1.74. The van der Waals surface area contributed by atoms with Gasteiger partial charge in [0.25, 0.3) is 0 Å². The number of hydrogen-bond acceptors (Lipinski definition) is 4. The Balaban J connectivity index is 2.24. The quantitative estimate of drug-likeness (QED) is 0.714. The molecular weight excluding hydrogens is 232 g/mol. The van der Waals surface area contributed by atoms with E-state index in [-0.39, 0.29) is 0 Å². The Morgan fingerprint density at radius 2 is 2.24 bits per heavy atom. The standard InChI is InChI=1S/C13H24N2OS/c1-3-5-11(6-7-16)8-14-9-12-10-17-13(4-2)15-12/h10-11,14,16H,3-9H2,1-2H3. The van der Waals surface area contributed by atoms with E-state index >= 15 is 0 Å². The van der Waals surface area contributed by atoms with Crippen LogP contribution in [0.4, 0.5) is 0 Å². The lowest BCUT2D eigenvalue weighted by Crippen LogP contribution is -2.23. The minimum absolute atomic E-state index is 0.295. The summed E-state index contributed by atoms with van der Waals surface area (Å²) in [5, 5.41) is 15.8. The van der Waals surface area contributed by atoms with Crippen LogP contribution in [0.5, 0.6) is 0 Å². The zero-order valence-electron chi connectivity index (χ0n) is 10.9. The van der Waals surface area contributed by atoms with Crippen molar-refractivity contribution in [3.63, 3.8) is 0 Å². The summed E-state index contributed by atoms with van der Waals surface area (Å²) in [4.78, 5) is 4.52. The van der Waals surface area contributed by atoms with E-state index in [1.807, 2.05) is 0 Å². The minimum Gasteiger partial charge on any atom is -0.396 e. The molecule has 3 nitrogen and oxygen atoms in total. The Labute approximate surface area is 108 Å². The minimum atomic E-state index is 0.295. The number of aliphatic hydroxyl groups is 1. The van der Waals surface area contributed by atoms with Crippen molar-refractivity contribution in [3.05, 3.63) is 16.1 Å².